The topological polar surface area (TPSA) is 29.1 Å². The minimum Gasteiger partial charge on any atom is -0.349 e. The lowest BCUT2D eigenvalue weighted by Gasteiger charge is -2.27. The Morgan fingerprint density at radius 1 is 1.18 bits per heavy atom. The van der Waals surface area contributed by atoms with Gasteiger partial charge in [-0.3, -0.25) is 4.79 Å². The Kier molecular flexibility index (Phi) is 3.82. The van der Waals surface area contributed by atoms with E-state index in [1.165, 1.54) is 12.8 Å². The lowest BCUT2D eigenvalue weighted by molar-refractivity contribution is 0.0922. The van der Waals surface area contributed by atoms with Gasteiger partial charge in [-0.15, -0.1) is 0 Å². The van der Waals surface area contributed by atoms with Crippen LogP contribution in [0.4, 0.5) is 0 Å². The van der Waals surface area contributed by atoms with Crippen molar-refractivity contribution in [2.45, 2.75) is 45.6 Å². The third-order valence-electron chi connectivity index (χ3n) is 3.74. The molecule has 1 N–H and O–H groups in total. The lowest BCUT2D eigenvalue weighted by Crippen LogP contribution is -2.37. The summed E-state index contributed by atoms with van der Waals surface area (Å²) in [5.74, 6) is 0.907. The Hall–Kier alpha value is -1.31. The number of hydrogen-bond donors (Lipinski definition) is 1. The zero-order valence-corrected chi connectivity index (χ0v) is 10.7. The number of benzene rings is 1. The van der Waals surface area contributed by atoms with Gasteiger partial charge in [-0.05, 0) is 50.2 Å². The number of nitrogens with one attached hydrogen (secondary N) is 1. The Balaban J connectivity index is 1.96. The average Bonchev–Trinajstić information content (AvgIpc) is 2.32. The maximum atomic E-state index is 12.1. The molecule has 1 amide bonds. The van der Waals surface area contributed by atoms with Crippen LogP contribution >= 0.6 is 0 Å². The van der Waals surface area contributed by atoms with E-state index in [0.29, 0.717) is 6.04 Å². The minimum atomic E-state index is 0.0858. The lowest BCUT2D eigenvalue weighted by atomic mass is 9.87. The third-order valence-corrected chi connectivity index (χ3v) is 3.74. The number of carbonyl (C=O) groups excluding carboxylic acids is 1. The average molecular weight is 231 g/mol. The Morgan fingerprint density at radius 3 is 2.47 bits per heavy atom. The van der Waals surface area contributed by atoms with E-state index >= 15 is 0 Å². The highest BCUT2D eigenvalue weighted by atomic mass is 16.1. The second-order valence-corrected chi connectivity index (χ2v) is 5.25. The molecule has 2 nitrogen and oxygen atoms in total. The molecular formula is C15H21NO. The molecule has 1 aromatic carbocycles. The zero-order valence-electron chi connectivity index (χ0n) is 10.7. The van der Waals surface area contributed by atoms with Crippen LogP contribution in [0.5, 0.6) is 0 Å². The summed E-state index contributed by atoms with van der Waals surface area (Å²) in [6.07, 6.45) is 4.72. The second kappa shape index (κ2) is 5.35. The van der Waals surface area contributed by atoms with Crippen molar-refractivity contribution in [3.8, 4) is 0 Å². The maximum Gasteiger partial charge on any atom is 0.251 e. The summed E-state index contributed by atoms with van der Waals surface area (Å²) >= 11 is 0. The van der Waals surface area contributed by atoms with Gasteiger partial charge in [0, 0.05) is 11.6 Å². The van der Waals surface area contributed by atoms with E-state index in [-0.39, 0.29) is 5.91 Å². The summed E-state index contributed by atoms with van der Waals surface area (Å²) < 4.78 is 0. The van der Waals surface area contributed by atoms with Gasteiger partial charge in [0.1, 0.15) is 0 Å². The molecule has 0 spiro atoms. The second-order valence-electron chi connectivity index (χ2n) is 5.25. The third kappa shape index (κ3) is 3.09. The molecule has 0 bridgehead atoms. The molecule has 0 saturated heterocycles. The van der Waals surface area contributed by atoms with E-state index in [9.17, 15) is 4.79 Å². The molecule has 1 aliphatic carbocycles. The van der Waals surface area contributed by atoms with Crippen molar-refractivity contribution < 1.29 is 4.79 Å². The van der Waals surface area contributed by atoms with Crippen LogP contribution in [-0.2, 0) is 0 Å². The molecule has 2 rings (SSSR count). The number of aryl methyl sites for hydroxylation is 1. The molecule has 1 aliphatic rings. The Morgan fingerprint density at radius 2 is 1.82 bits per heavy atom. The normalized spacial score (nSPS) is 24.4. The molecule has 0 heterocycles. The van der Waals surface area contributed by atoms with Crippen LogP contribution in [0.2, 0.25) is 0 Å². The molecule has 0 atom stereocenters. The van der Waals surface area contributed by atoms with Crippen molar-refractivity contribution >= 4 is 5.91 Å². The van der Waals surface area contributed by atoms with Crippen LogP contribution in [0, 0.1) is 12.8 Å². The Bertz CT molecular complexity index is 392. The van der Waals surface area contributed by atoms with E-state index in [1.807, 2.05) is 31.2 Å². The molecule has 1 fully saturated rings. The molecular weight excluding hydrogens is 210 g/mol. The predicted molar refractivity (Wildman–Crippen MR) is 70.1 cm³/mol. The van der Waals surface area contributed by atoms with Crippen LogP contribution < -0.4 is 5.32 Å². The van der Waals surface area contributed by atoms with Gasteiger partial charge in [-0.2, -0.15) is 0 Å². The number of carbonyl (C=O) groups is 1. The number of hydrogen-bond acceptors (Lipinski definition) is 1. The van der Waals surface area contributed by atoms with Crippen LogP contribution in [0.3, 0.4) is 0 Å². The fraction of sp³-hybridized carbons (Fsp3) is 0.533. The molecule has 0 aromatic heterocycles. The van der Waals surface area contributed by atoms with Crippen molar-refractivity contribution in [1.29, 1.82) is 0 Å². The van der Waals surface area contributed by atoms with Gasteiger partial charge in [0.2, 0.25) is 0 Å². The largest absolute Gasteiger partial charge is 0.349 e. The molecule has 1 saturated carbocycles. The highest BCUT2D eigenvalue weighted by Gasteiger charge is 2.20. The van der Waals surface area contributed by atoms with Gasteiger partial charge < -0.3 is 5.32 Å². The van der Waals surface area contributed by atoms with Crippen LogP contribution in [0.15, 0.2) is 24.3 Å². The van der Waals surface area contributed by atoms with E-state index in [2.05, 4.69) is 12.2 Å². The number of amides is 1. The first-order valence-electron chi connectivity index (χ1n) is 6.53. The van der Waals surface area contributed by atoms with Crippen LogP contribution in [0.25, 0.3) is 0 Å². The van der Waals surface area contributed by atoms with Crippen molar-refractivity contribution in [3.05, 3.63) is 35.4 Å². The quantitative estimate of drug-likeness (QED) is 0.831. The molecule has 0 unspecified atom stereocenters. The molecule has 17 heavy (non-hydrogen) atoms. The summed E-state index contributed by atoms with van der Waals surface area (Å²) in [6.45, 7) is 4.28. The molecule has 92 valence electrons. The maximum absolute atomic E-state index is 12.1. The van der Waals surface area contributed by atoms with E-state index in [0.717, 1.165) is 29.9 Å². The molecule has 0 radical (unpaired) electrons. The fourth-order valence-electron chi connectivity index (χ4n) is 2.50. The minimum absolute atomic E-state index is 0.0858. The first-order chi connectivity index (χ1) is 8.16. The molecule has 1 aromatic rings. The molecule has 0 aliphatic heterocycles. The predicted octanol–water partition coefficient (Wildman–Crippen LogP) is 3.30. The summed E-state index contributed by atoms with van der Waals surface area (Å²) in [5.41, 5.74) is 1.86. The highest BCUT2D eigenvalue weighted by molar-refractivity contribution is 5.95. The van der Waals surface area contributed by atoms with E-state index < -0.39 is 0 Å². The summed E-state index contributed by atoms with van der Waals surface area (Å²) in [4.78, 5) is 12.1. The first-order valence-corrected chi connectivity index (χ1v) is 6.53. The van der Waals surface area contributed by atoms with Crippen LogP contribution in [-0.4, -0.2) is 11.9 Å². The highest BCUT2D eigenvalue weighted by Crippen LogP contribution is 2.23. The summed E-state index contributed by atoms with van der Waals surface area (Å²) in [7, 11) is 0. The number of rotatable bonds is 2. The summed E-state index contributed by atoms with van der Waals surface area (Å²) in [6, 6.07) is 8.14. The van der Waals surface area contributed by atoms with Gasteiger partial charge >= 0.3 is 0 Å². The van der Waals surface area contributed by atoms with Crippen LogP contribution in [0.1, 0.15) is 48.5 Å². The van der Waals surface area contributed by atoms with Gasteiger partial charge in [-0.25, -0.2) is 0 Å². The van der Waals surface area contributed by atoms with Crippen molar-refractivity contribution in [3.63, 3.8) is 0 Å². The van der Waals surface area contributed by atoms with E-state index in [4.69, 9.17) is 0 Å². The smallest absolute Gasteiger partial charge is 0.251 e. The fourth-order valence-corrected chi connectivity index (χ4v) is 2.50. The standard InChI is InChI=1S/C15H21NO/c1-11-7-9-13(10-8-11)16-15(17)14-6-4-3-5-12(14)2/h3-6,11,13H,7-10H2,1-2H3,(H,16,17). The van der Waals surface area contributed by atoms with Crippen molar-refractivity contribution in [1.82, 2.24) is 5.32 Å². The van der Waals surface area contributed by atoms with Gasteiger partial charge in [-0.1, -0.05) is 25.1 Å². The Labute approximate surface area is 103 Å². The van der Waals surface area contributed by atoms with Crippen molar-refractivity contribution in [2.75, 3.05) is 0 Å². The molecule has 2 heteroatoms. The zero-order chi connectivity index (χ0) is 12.3. The first kappa shape index (κ1) is 12.2. The monoisotopic (exact) mass is 231 g/mol. The van der Waals surface area contributed by atoms with Gasteiger partial charge in [0.25, 0.3) is 5.91 Å². The van der Waals surface area contributed by atoms with Gasteiger partial charge in [0.05, 0.1) is 0 Å². The van der Waals surface area contributed by atoms with Gasteiger partial charge in [0.15, 0.2) is 0 Å². The van der Waals surface area contributed by atoms with Crippen molar-refractivity contribution in [2.24, 2.45) is 5.92 Å². The SMILES string of the molecule is Cc1ccccc1C(=O)NC1CCC(C)CC1. The summed E-state index contributed by atoms with van der Waals surface area (Å²) in [5, 5.41) is 3.16. The van der Waals surface area contributed by atoms with E-state index in [1.54, 1.807) is 0 Å².